The van der Waals surface area contributed by atoms with Gasteiger partial charge in [-0.2, -0.15) is 0 Å². The number of aromatic nitrogens is 2. The van der Waals surface area contributed by atoms with Crippen molar-refractivity contribution in [3.63, 3.8) is 0 Å². The Kier molecular flexibility index (Phi) is 6.59. The summed E-state index contributed by atoms with van der Waals surface area (Å²) in [6.07, 6.45) is 2.57. The van der Waals surface area contributed by atoms with Gasteiger partial charge in [0.15, 0.2) is 0 Å². The first-order valence-corrected chi connectivity index (χ1v) is 11.2. The van der Waals surface area contributed by atoms with Crippen LogP contribution in [0.5, 0.6) is 0 Å². The molecular weight excluding hydrogens is 388 g/mol. The highest BCUT2D eigenvalue weighted by Crippen LogP contribution is 2.35. The summed E-state index contributed by atoms with van der Waals surface area (Å²) in [5.41, 5.74) is 0.991. The molecule has 0 bridgehead atoms. The molecule has 0 atom stereocenters. The number of thiophene rings is 1. The fourth-order valence-corrected chi connectivity index (χ4v) is 5.00. The van der Waals surface area contributed by atoms with Crippen LogP contribution in [0.3, 0.4) is 0 Å². The summed E-state index contributed by atoms with van der Waals surface area (Å²) in [4.78, 5) is 30.5. The van der Waals surface area contributed by atoms with E-state index in [9.17, 15) is 4.79 Å². The van der Waals surface area contributed by atoms with Gasteiger partial charge in [-0.3, -0.25) is 9.69 Å². The third kappa shape index (κ3) is 4.69. The Hall–Kier alpha value is -1.81. The Balaban J connectivity index is 1.41. The normalized spacial score (nSPS) is 19.0. The molecule has 0 aliphatic carbocycles. The summed E-state index contributed by atoms with van der Waals surface area (Å²) in [5, 5.41) is 4.12. The molecule has 0 aromatic carbocycles. The van der Waals surface area contributed by atoms with Crippen molar-refractivity contribution in [3.8, 4) is 0 Å². The van der Waals surface area contributed by atoms with Crippen LogP contribution in [-0.2, 0) is 4.74 Å². The fraction of sp³-hybridized carbons (Fsp3) is 0.650. The van der Waals surface area contributed by atoms with Crippen LogP contribution in [0.2, 0.25) is 0 Å². The lowest BCUT2D eigenvalue weighted by Crippen LogP contribution is -2.44. The van der Waals surface area contributed by atoms with E-state index in [1.807, 2.05) is 6.92 Å². The summed E-state index contributed by atoms with van der Waals surface area (Å²) in [6, 6.07) is 0. The summed E-state index contributed by atoms with van der Waals surface area (Å²) in [6.45, 7) is 11.2. The standard InChI is InChI=1S/C20H30N6O2S/c1-15-16-18(26-8-6-24(2)7-9-26)22-14-23-20(16)29-17(15)19(27)21-4-3-5-25-10-12-28-13-11-25/h14H,3-13H2,1-2H3,(H,21,27). The number of amides is 1. The first-order chi connectivity index (χ1) is 14.1. The molecule has 9 heteroatoms. The van der Waals surface area contributed by atoms with Gasteiger partial charge >= 0.3 is 0 Å². The maximum absolute atomic E-state index is 12.8. The van der Waals surface area contributed by atoms with E-state index in [-0.39, 0.29) is 5.91 Å². The van der Waals surface area contributed by atoms with Gasteiger partial charge in [0, 0.05) is 45.8 Å². The van der Waals surface area contributed by atoms with E-state index in [2.05, 4.69) is 37.0 Å². The molecule has 8 nitrogen and oxygen atoms in total. The number of likely N-dealkylation sites (N-methyl/N-ethyl adjacent to an activating group) is 1. The van der Waals surface area contributed by atoms with Crippen molar-refractivity contribution in [1.82, 2.24) is 25.1 Å². The molecule has 1 amide bonds. The van der Waals surface area contributed by atoms with E-state index in [1.165, 1.54) is 11.3 Å². The Labute approximate surface area is 175 Å². The van der Waals surface area contributed by atoms with E-state index in [0.717, 1.165) is 91.9 Å². The lowest BCUT2D eigenvalue weighted by atomic mass is 10.1. The van der Waals surface area contributed by atoms with E-state index in [0.29, 0.717) is 6.54 Å². The molecule has 0 unspecified atom stereocenters. The number of rotatable bonds is 6. The lowest BCUT2D eigenvalue weighted by molar-refractivity contribution is 0.0374. The predicted octanol–water partition coefficient (Wildman–Crippen LogP) is 1.20. The van der Waals surface area contributed by atoms with E-state index < -0.39 is 0 Å². The molecule has 0 spiro atoms. The Morgan fingerprint density at radius 2 is 1.93 bits per heavy atom. The number of piperazine rings is 1. The number of fused-ring (bicyclic) bond motifs is 1. The smallest absolute Gasteiger partial charge is 0.261 e. The van der Waals surface area contributed by atoms with Gasteiger partial charge in [0.25, 0.3) is 5.91 Å². The van der Waals surface area contributed by atoms with Crippen molar-refractivity contribution in [2.24, 2.45) is 0 Å². The largest absolute Gasteiger partial charge is 0.379 e. The first kappa shape index (κ1) is 20.5. The molecule has 2 aliphatic heterocycles. The van der Waals surface area contributed by atoms with E-state index >= 15 is 0 Å². The molecule has 2 saturated heterocycles. The van der Waals surface area contributed by atoms with Crippen molar-refractivity contribution in [2.45, 2.75) is 13.3 Å². The molecule has 0 saturated carbocycles. The van der Waals surface area contributed by atoms with Gasteiger partial charge in [-0.1, -0.05) is 0 Å². The second kappa shape index (κ2) is 9.34. The highest BCUT2D eigenvalue weighted by molar-refractivity contribution is 7.20. The number of carbonyl (C=O) groups is 1. The molecule has 2 aromatic heterocycles. The van der Waals surface area contributed by atoms with E-state index in [1.54, 1.807) is 6.33 Å². The van der Waals surface area contributed by atoms with Crippen molar-refractivity contribution in [1.29, 1.82) is 0 Å². The average molecular weight is 419 g/mol. The Morgan fingerprint density at radius 1 is 1.17 bits per heavy atom. The fourth-order valence-electron chi connectivity index (χ4n) is 3.94. The van der Waals surface area contributed by atoms with Gasteiger partial charge in [-0.15, -0.1) is 11.3 Å². The van der Waals surface area contributed by atoms with Crippen molar-refractivity contribution >= 4 is 33.3 Å². The molecule has 2 aromatic rings. The van der Waals surface area contributed by atoms with Crippen molar-refractivity contribution < 1.29 is 9.53 Å². The van der Waals surface area contributed by atoms with Crippen molar-refractivity contribution in [3.05, 3.63) is 16.8 Å². The first-order valence-electron chi connectivity index (χ1n) is 10.4. The van der Waals surface area contributed by atoms with Gasteiger partial charge in [0.05, 0.1) is 23.5 Å². The minimum Gasteiger partial charge on any atom is -0.379 e. The molecular formula is C20H30N6O2S. The summed E-state index contributed by atoms with van der Waals surface area (Å²) in [5.74, 6) is 0.958. The van der Waals surface area contributed by atoms with Crippen LogP contribution >= 0.6 is 11.3 Å². The minimum atomic E-state index is -0.00296. The number of ether oxygens (including phenoxy) is 1. The second-order valence-corrected chi connectivity index (χ2v) is 8.79. The molecule has 1 N–H and O–H groups in total. The van der Waals surface area contributed by atoms with Gasteiger partial charge < -0.3 is 19.9 Å². The monoisotopic (exact) mass is 418 g/mol. The van der Waals surface area contributed by atoms with E-state index in [4.69, 9.17) is 4.74 Å². The zero-order valence-electron chi connectivity index (χ0n) is 17.3. The molecule has 4 heterocycles. The van der Waals surface area contributed by atoms with Crippen LogP contribution in [0.15, 0.2) is 6.33 Å². The second-order valence-electron chi connectivity index (χ2n) is 7.79. The molecule has 2 aliphatic rings. The number of hydrogen-bond donors (Lipinski definition) is 1. The summed E-state index contributed by atoms with van der Waals surface area (Å²) in [7, 11) is 2.14. The van der Waals surface area contributed by atoms with Gasteiger partial charge in [0.2, 0.25) is 0 Å². The highest BCUT2D eigenvalue weighted by atomic mass is 32.1. The van der Waals surface area contributed by atoms with Crippen LogP contribution < -0.4 is 10.2 Å². The molecule has 158 valence electrons. The summed E-state index contributed by atoms with van der Waals surface area (Å²) >= 11 is 1.47. The number of aryl methyl sites for hydroxylation is 1. The average Bonchev–Trinajstić information content (AvgIpc) is 3.09. The number of hydrogen-bond acceptors (Lipinski definition) is 8. The zero-order valence-corrected chi connectivity index (χ0v) is 18.1. The van der Waals surface area contributed by atoms with Crippen LogP contribution in [0, 0.1) is 6.92 Å². The van der Waals surface area contributed by atoms with Crippen LogP contribution in [0.4, 0.5) is 5.82 Å². The van der Waals surface area contributed by atoms with Crippen molar-refractivity contribution in [2.75, 3.05) is 77.5 Å². The minimum absolute atomic E-state index is 0.00296. The molecule has 29 heavy (non-hydrogen) atoms. The molecule has 2 fully saturated rings. The van der Waals surface area contributed by atoms with Gasteiger partial charge in [-0.05, 0) is 32.5 Å². The third-order valence-electron chi connectivity index (χ3n) is 5.76. The maximum atomic E-state index is 12.8. The Bertz CT molecular complexity index is 843. The number of nitrogens with one attached hydrogen (secondary N) is 1. The number of carbonyl (C=O) groups excluding carboxylic acids is 1. The Morgan fingerprint density at radius 3 is 2.69 bits per heavy atom. The number of nitrogens with zero attached hydrogens (tertiary/aromatic N) is 5. The molecule has 4 rings (SSSR count). The topological polar surface area (TPSA) is 73.8 Å². The van der Waals surface area contributed by atoms with Crippen LogP contribution in [0.25, 0.3) is 10.2 Å². The third-order valence-corrected chi connectivity index (χ3v) is 6.95. The van der Waals surface area contributed by atoms with Crippen LogP contribution in [0.1, 0.15) is 21.7 Å². The quantitative estimate of drug-likeness (QED) is 0.707. The number of morpholine rings is 1. The lowest BCUT2D eigenvalue weighted by Gasteiger charge is -2.33. The zero-order chi connectivity index (χ0) is 20.2. The predicted molar refractivity (Wildman–Crippen MR) is 116 cm³/mol. The number of anilines is 1. The van der Waals surface area contributed by atoms with Crippen LogP contribution in [-0.4, -0.2) is 98.3 Å². The summed E-state index contributed by atoms with van der Waals surface area (Å²) < 4.78 is 5.38. The van der Waals surface area contributed by atoms with Gasteiger partial charge in [-0.25, -0.2) is 9.97 Å². The highest BCUT2D eigenvalue weighted by Gasteiger charge is 2.23. The molecule has 0 radical (unpaired) electrons. The SMILES string of the molecule is Cc1c(C(=O)NCCCN2CCOCC2)sc2ncnc(N3CCN(C)CC3)c12. The van der Waals surface area contributed by atoms with Gasteiger partial charge in [0.1, 0.15) is 17.0 Å². The maximum Gasteiger partial charge on any atom is 0.261 e.